The average molecular weight is 308 g/mol. The lowest BCUT2D eigenvalue weighted by Gasteiger charge is -2.25. The van der Waals surface area contributed by atoms with Crippen LogP contribution in [-0.4, -0.2) is 39.7 Å². The van der Waals surface area contributed by atoms with E-state index in [1.165, 1.54) is 0 Å². The first kappa shape index (κ1) is 16.9. The van der Waals surface area contributed by atoms with Gasteiger partial charge in [0.25, 0.3) is 0 Å². The van der Waals surface area contributed by atoms with Gasteiger partial charge in [0.15, 0.2) is 6.04 Å². The average Bonchev–Trinajstić information content (AvgIpc) is 2.86. The third-order valence-electron chi connectivity index (χ3n) is 3.85. The largest absolute Gasteiger partial charge is 0.458 e. The summed E-state index contributed by atoms with van der Waals surface area (Å²) in [6.45, 7) is 11.7. The number of piperidine rings is 1. The van der Waals surface area contributed by atoms with Gasteiger partial charge in [-0.1, -0.05) is 19.1 Å². The maximum atomic E-state index is 12.5. The molecule has 0 amide bonds. The molecule has 0 radical (unpaired) electrons. The van der Waals surface area contributed by atoms with Crippen molar-refractivity contribution >= 4 is 5.97 Å². The highest BCUT2D eigenvalue weighted by Crippen LogP contribution is 2.26. The van der Waals surface area contributed by atoms with Crippen molar-refractivity contribution < 1.29 is 9.53 Å². The number of carbonyl (C=O) groups is 1. The van der Waals surface area contributed by atoms with E-state index < -0.39 is 11.6 Å². The second kappa shape index (κ2) is 6.77. The van der Waals surface area contributed by atoms with E-state index in [4.69, 9.17) is 4.74 Å². The smallest absolute Gasteiger partial charge is 0.331 e. The number of esters is 1. The molecule has 1 N–H and O–H groups in total. The predicted octanol–water partition coefficient (Wildman–Crippen LogP) is 2.28. The lowest BCUT2D eigenvalue weighted by atomic mass is 9.95. The Bertz CT molecular complexity index is 498. The minimum Gasteiger partial charge on any atom is -0.458 e. The van der Waals surface area contributed by atoms with Crippen LogP contribution in [0, 0.1) is 5.92 Å². The molecule has 0 unspecified atom stereocenters. The molecular formula is C16H28N4O2. The van der Waals surface area contributed by atoms with Gasteiger partial charge in [-0.15, -0.1) is 5.10 Å². The summed E-state index contributed by atoms with van der Waals surface area (Å²) in [5.41, 5.74) is 0.485. The molecule has 1 aliphatic rings. The van der Waals surface area contributed by atoms with Crippen LogP contribution in [0.25, 0.3) is 0 Å². The van der Waals surface area contributed by atoms with Crippen LogP contribution in [0.2, 0.25) is 0 Å². The normalized spacial score (nSPS) is 18.5. The van der Waals surface area contributed by atoms with Crippen LogP contribution in [0.5, 0.6) is 0 Å². The molecule has 1 aromatic heterocycles. The van der Waals surface area contributed by atoms with Gasteiger partial charge in [0.1, 0.15) is 5.60 Å². The maximum Gasteiger partial charge on any atom is 0.331 e. The number of nitrogens with zero attached hydrogens (tertiary/aromatic N) is 3. The van der Waals surface area contributed by atoms with E-state index in [1.54, 1.807) is 4.68 Å². The Kier molecular flexibility index (Phi) is 5.21. The molecule has 6 nitrogen and oxygen atoms in total. The molecule has 0 aliphatic carbocycles. The Labute approximate surface area is 132 Å². The van der Waals surface area contributed by atoms with Gasteiger partial charge in [-0.2, -0.15) is 0 Å². The Balaban J connectivity index is 2.15. The van der Waals surface area contributed by atoms with Crippen molar-refractivity contribution in [3.8, 4) is 0 Å². The molecule has 22 heavy (non-hydrogen) atoms. The van der Waals surface area contributed by atoms with E-state index in [9.17, 15) is 4.79 Å². The van der Waals surface area contributed by atoms with Crippen LogP contribution in [0.3, 0.4) is 0 Å². The molecule has 124 valence electrons. The van der Waals surface area contributed by atoms with E-state index in [1.807, 2.05) is 40.8 Å². The third kappa shape index (κ3) is 4.29. The summed E-state index contributed by atoms with van der Waals surface area (Å²) < 4.78 is 7.21. The van der Waals surface area contributed by atoms with Crippen LogP contribution in [0.15, 0.2) is 6.20 Å². The SMILES string of the molecule is CC(C)[C@@H](C(=O)OC(C)(C)C)n1cc(C2CCNCC2)nn1. The fraction of sp³-hybridized carbons (Fsp3) is 0.812. The summed E-state index contributed by atoms with van der Waals surface area (Å²) in [5, 5.41) is 11.9. The zero-order valence-electron chi connectivity index (χ0n) is 14.3. The molecule has 0 bridgehead atoms. The van der Waals surface area contributed by atoms with E-state index in [0.717, 1.165) is 31.6 Å². The minimum atomic E-state index is -0.497. The van der Waals surface area contributed by atoms with Gasteiger partial charge in [0.2, 0.25) is 0 Å². The molecule has 2 heterocycles. The number of rotatable bonds is 4. The monoisotopic (exact) mass is 308 g/mol. The minimum absolute atomic E-state index is 0.0948. The van der Waals surface area contributed by atoms with Crippen LogP contribution < -0.4 is 5.32 Å². The van der Waals surface area contributed by atoms with Crippen molar-refractivity contribution in [1.29, 1.82) is 0 Å². The quantitative estimate of drug-likeness (QED) is 0.864. The highest BCUT2D eigenvalue weighted by Gasteiger charge is 2.31. The van der Waals surface area contributed by atoms with E-state index in [2.05, 4.69) is 15.6 Å². The summed E-state index contributed by atoms with van der Waals surface area (Å²) in [5.74, 6) is 0.281. The Morgan fingerprint density at radius 2 is 2.00 bits per heavy atom. The summed E-state index contributed by atoms with van der Waals surface area (Å²) in [6, 6.07) is -0.429. The number of ether oxygens (including phenoxy) is 1. The van der Waals surface area contributed by atoms with Crippen molar-refractivity contribution in [2.24, 2.45) is 5.92 Å². The summed E-state index contributed by atoms with van der Waals surface area (Å²) in [6.07, 6.45) is 4.06. The summed E-state index contributed by atoms with van der Waals surface area (Å²) in [7, 11) is 0. The van der Waals surface area contributed by atoms with Gasteiger partial charge < -0.3 is 10.1 Å². The second-order valence-corrected chi connectivity index (χ2v) is 7.37. The topological polar surface area (TPSA) is 69.0 Å². The molecule has 0 spiro atoms. The Morgan fingerprint density at radius 1 is 1.36 bits per heavy atom. The van der Waals surface area contributed by atoms with Gasteiger partial charge in [0, 0.05) is 12.1 Å². The standard InChI is InChI=1S/C16H28N4O2/c1-11(2)14(15(21)22-16(3,4)5)20-10-13(18-19-20)12-6-8-17-9-7-12/h10-12,14,17H,6-9H2,1-5H3/t14-/m0/s1. The molecule has 1 fully saturated rings. The van der Waals surface area contributed by atoms with Gasteiger partial charge in [-0.3, -0.25) is 0 Å². The molecule has 1 aromatic rings. The molecular weight excluding hydrogens is 280 g/mol. The zero-order valence-corrected chi connectivity index (χ0v) is 14.3. The van der Waals surface area contributed by atoms with E-state index in [-0.39, 0.29) is 11.9 Å². The first-order valence-corrected chi connectivity index (χ1v) is 8.13. The molecule has 1 aliphatic heterocycles. The maximum absolute atomic E-state index is 12.5. The molecule has 6 heteroatoms. The van der Waals surface area contributed by atoms with Gasteiger partial charge >= 0.3 is 5.97 Å². The van der Waals surface area contributed by atoms with Crippen molar-refractivity contribution in [3.63, 3.8) is 0 Å². The number of nitrogens with one attached hydrogen (secondary N) is 1. The highest BCUT2D eigenvalue weighted by atomic mass is 16.6. The first-order valence-electron chi connectivity index (χ1n) is 8.13. The molecule has 0 saturated carbocycles. The number of carbonyl (C=O) groups excluding carboxylic acids is 1. The van der Waals surface area contributed by atoms with Crippen LogP contribution in [0.4, 0.5) is 0 Å². The van der Waals surface area contributed by atoms with Gasteiger partial charge in [0.05, 0.1) is 5.69 Å². The van der Waals surface area contributed by atoms with Crippen LogP contribution in [-0.2, 0) is 9.53 Å². The molecule has 1 atom stereocenters. The number of aromatic nitrogens is 3. The van der Waals surface area contributed by atoms with Crippen LogP contribution in [0.1, 0.15) is 65.1 Å². The molecule has 2 rings (SSSR count). The van der Waals surface area contributed by atoms with Gasteiger partial charge in [-0.05, 0) is 52.6 Å². The molecule has 0 aromatic carbocycles. The fourth-order valence-electron chi connectivity index (χ4n) is 2.78. The number of hydrogen-bond acceptors (Lipinski definition) is 5. The van der Waals surface area contributed by atoms with Crippen molar-refractivity contribution in [2.45, 2.75) is 65.0 Å². The third-order valence-corrected chi connectivity index (χ3v) is 3.85. The van der Waals surface area contributed by atoms with Crippen LogP contribution >= 0.6 is 0 Å². The lowest BCUT2D eigenvalue weighted by Crippen LogP contribution is -2.33. The Hall–Kier alpha value is -1.43. The lowest BCUT2D eigenvalue weighted by molar-refractivity contribution is -0.161. The highest BCUT2D eigenvalue weighted by molar-refractivity contribution is 5.74. The molecule has 1 saturated heterocycles. The van der Waals surface area contributed by atoms with E-state index in [0.29, 0.717) is 5.92 Å². The van der Waals surface area contributed by atoms with Crippen molar-refractivity contribution in [3.05, 3.63) is 11.9 Å². The first-order chi connectivity index (χ1) is 10.3. The van der Waals surface area contributed by atoms with Gasteiger partial charge in [-0.25, -0.2) is 9.48 Å². The Morgan fingerprint density at radius 3 is 2.55 bits per heavy atom. The summed E-state index contributed by atoms with van der Waals surface area (Å²) >= 11 is 0. The van der Waals surface area contributed by atoms with Crippen molar-refractivity contribution in [2.75, 3.05) is 13.1 Å². The van der Waals surface area contributed by atoms with Crippen molar-refractivity contribution in [1.82, 2.24) is 20.3 Å². The second-order valence-electron chi connectivity index (χ2n) is 7.37. The summed E-state index contributed by atoms with van der Waals surface area (Å²) in [4.78, 5) is 12.5. The van der Waals surface area contributed by atoms with E-state index >= 15 is 0 Å². The fourth-order valence-corrected chi connectivity index (χ4v) is 2.78. The predicted molar refractivity (Wildman–Crippen MR) is 84.6 cm³/mol. The number of hydrogen-bond donors (Lipinski definition) is 1. The zero-order chi connectivity index (χ0) is 16.3.